The van der Waals surface area contributed by atoms with Crippen molar-refractivity contribution >= 4 is 8.80 Å². The lowest BCUT2D eigenvalue weighted by Gasteiger charge is -2.28. The fraction of sp³-hybridized carbons (Fsp3) is 0.357. The standard InChI is InChI=1S/C28H29F4Si/c1-2-3-6-13-33-14-11-19(12-15-33)20-9-10-24(25(29)16-20)23-8-5-4-7-22(23)21-17-26(30)28(32)27(31)18-21/h4-5,7-10,16-19H,2-3,6,11-15H2,1H3. The minimum Gasteiger partial charge on any atom is -0.206 e. The molecule has 1 fully saturated rings. The van der Waals surface area contributed by atoms with Gasteiger partial charge < -0.3 is 0 Å². The highest BCUT2D eigenvalue weighted by Gasteiger charge is 2.24. The van der Waals surface area contributed by atoms with Crippen LogP contribution in [0.15, 0.2) is 54.6 Å². The first-order valence-corrected chi connectivity index (χ1v) is 14.0. The first-order chi connectivity index (χ1) is 16.0. The summed E-state index contributed by atoms with van der Waals surface area (Å²) in [5, 5.41) is 0. The van der Waals surface area contributed by atoms with E-state index in [-0.39, 0.29) is 20.2 Å². The van der Waals surface area contributed by atoms with Crippen LogP contribution in [0.2, 0.25) is 18.1 Å². The molecule has 0 unspecified atom stereocenters. The van der Waals surface area contributed by atoms with Crippen molar-refractivity contribution in [2.24, 2.45) is 0 Å². The smallest absolute Gasteiger partial charge is 0.194 e. The SMILES string of the molecule is CCCCC[Si]1CCC(c2ccc(-c3ccccc3-c3cc(F)c(F)c(F)c3)c(F)c2)CC1. The van der Waals surface area contributed by atoms with E-state index >= 15 is 4.39 Å². The Bertz CT molecular complexity index is 1080. The van der Waals surface area contributed by atoms with Crippen LogP contribution in [-0.4, -0.2) is 8.80 Å². The zero-order valence-electron chi connectivity index (χ0n) is 18.9. The maximum Gasteiger partial charge on any atom is 0.194 e. The lowest BCUT2D eigenvalue weighted by Crippen LogP contribution is -2.20. The number of halogens is 4. The Hall–Kier alpha value is -2.40. The van der Waals surface area contributed by atoms with E-state index in [1.165, 1.54) is 37.4 Å². The first-order valence-electron chi connectivity index (χ1n) is 11.8. The molecule has 1 aliphatic heterocycles. The lowest BCUT2D eigenvalue weighted by molar-refractivity contribution is 0.448. The highest BCUT2D eigenvalue weighted by molar-refractivity contribution is 6.59. The van der Waals surface area contributed by atoms with Crippen molar-refractivity contribution in [2.45, 2.75) is 63.1 Å². The largest absolute Gasteiger partial charge is 0.206 e. The van der Waals surface area contributed by atoms with Crippen molar-refractivity contribution in [2.75, 3.05) is 0 Å². The van der Waals surface area contributed by atoms with Gasteiger partial charge in [-0.05, 0) is 59.2 Å². The fourth-order valence-electron chi connectivity index (χ4n) is 4.92. The van der Waals surface area contributed by atoms with Crippen LogP contribution in [-0.2, 0) is 0 Å². The molecular formula is C28H29F4Si. The molecule has 0 bridgehead atoms. The Kier molecular flexibility index (Phi) is 7.69. The molecule has 1 heterocycles. The van der Waals surface area contributed by atoms with E-state index in [0.717, 1.165) is 30.5 Å². The molecule has 0 atom stereocenters. The van der Waals surface area contributed by atoms with E-state index in [0.29, 0.717) is 22.6 Å². The van der Waals surface area contributed by atoms with Gasteiger partial charge in [0.25, 0.3) is 0 Å². The number of unbranched alkanes of at least 4 members (excludes halogenated alkanes) is 2. The number of hydrogen-bond donors (Lipinski definition) is 0. The second kappa shape index (κ2) is 10.7. The van der Waals surface area contributed by atoms with Crippen molar-refractivity contribution in [3.63, 3.8) is 0 Å². The number of rotatable bonds is 7. The summed E-state index contributed by atoms with van der Waals surface area (Å²) in [5.74, 6) is -3.98. The third-order valence-corrected chi connectivity index (χ3v) is 9.86. The quantitative estimate of drug-likeness (QED) is 0.140. The fourth-order valence-corrected chi connectivity index (χ4v) is 7.93. The molecule has 1 radical (unpaired) electrons. The summed E-state index contributed by atoms with van der Waals surface area (Å²) < 4.78 is 56.4. The van der Waals surface area contributed by atoms with Crippen LogP contribution < -0.4 is 0 Å². The van der Waals surface area contributed by atoms with Gasteiger partial charge in [0.15, 0.2) is 17.5 Å². The maximum absolute atomic E-state index is 15.3. The summed E-state index contributed by atoms with van der Waals surface area (Å²) in [4.78, 5) is 0. The average molecular weight is 470 g/mol. The summed E-state index contributed by atoms with van der Waals surface area (Å²) in [6, 6.07) is 18.1. The summed E-state index contributed by atoms with van der Waals surface area (Å²) >= 11 is 0. The zero-order chi connectivity index (χ0) is 23.4. The Balaban J connectivity index is 1.55. The molecule has 5 heteroatoms. The topological polar surface area (TPSA) is 0 Å². The van der Waals surface area contributed by atoms with Gasteiger partial charge in [-0.1, -0.05) is 80.7 Å². The van der Waals surface area contributed by atoms with E-state index in [1.54, 1.807) is 36.4 Å². The van der Waals surface area contributed by atoms with Gasteiger partial charge in [-0.25, -0.2) is 17.6 Å². The van der Waals surface area contributed by atoms with Gasteiger partial charge >= 0.3 is 0 Å². The predicted molar refractivity (Wildman–Crippen MR) is 129 cm³/mol. The van der Waals surface area contributed by atoms with E-state index in [2.05, 4.69) is 6.92 Å². The molecule has 0 aromatic heterocycles. The van der Waals surface area contributed by atoms with Crippen LogP contribution in [0.4, 0.5) is 17.6 Å². The number of hydrogen-bond acceptors (Lipinski definition) is 0. The van der Waals surface area contributed by atoms with Crippen LogP contribution in [0, 0.1) is 23.3 Å². The van der Waals surface area contributed by atoms with Crippen molar-refractivity contribution in [1.29, 1.82) is 0 Å². The van der Waals surface area contributed by atoms with Crippen LogP contribution in [0.1, 0.15) is 50.5 Å². The lowest BCUT2D eigenvalue weighted by atomic mass is 9.89. The van der Waals surface area contributed by atoms with Gasteiger partial charge in [-0.15, -0.1) is 0 Å². The minimum absolute atomic E-state index is 0.176. The molecule has 3 aromatic carbocycles. The molecule has 4 rings (SSSR count). The van der Waals surface area contributed by atoms with Crippen molar-refractivity contribution in [1.82, 2.24) is 0 Å². The predicted octanol–water partition coefficient (Wildman–Crippen LogP) is 9.14. The Morgan fingerprint density at radius 3 is 2.06 bits per heavy atom. The summed E-state index contributed by atoms with van der Waals surface area (Å²) in [7, 11) is -0.248. The van der Waals surface area contributed by atoms with Crippen LogP contribution in [0.5, 0.6) is 0 Å². The van der Waals surface area contributed by atoms with Crippen LogP contribution in [0.3, 0.4) is 0 Å². The van der Waals surface area contributed by atoms with Crippen LogP contribution >= 0.6 is 0 Å². The molecule has 0 N–H and O–H groups in total. The molecule has 33 heavy (non-hydrogen) atoms. The normalized spacial score (nSPS) is 15.2. The summed E-state index contributed by atoms with van der Waals surface area (Å²) in [6.07, 6.45) is 6.19. The third-order valence-electron chi connectivity index (χ3n) is 6.80. The molecule has 0 aliphatic carbocycles. The highest BCUT2D eigenvalue weighted by atomic mass is 28.3. The Labute approximate surface area is 195 Å². The molecule has 0 nitrogen and oxygen atoms in total. The second-order valence-corrected chi connectivity index (χ2v) is 12.0. The van der Waals surface area contributed by atoms with Gasteiger partial charge in [-0.2, -0.15) is 0 Å². The Morgan fingerprint density at radius 2 is 1.42 bits per heavy atom. The minimum atomic E-state index is -1.51. The third kappa shape index (κ3) is 5.40. The van der Waals surface area contributed by atoms with Gasteiger partial charge in [0.1, 0.15) is 5.82 Å². The highest BCUT2D eigenvalue weighted by Crippen LogP contribution is 2.39. The van der Waals surface area contributed by atoms with E-state index < -0.39 is 17.5 Å². The molecular weight excluding hydrogens is 440 g/mol. The van der Waals surface area contributed by atoms with Crippen molar-refractivity contribution < 1.29 is 17.6 Å². The number of benzene rings is 3. The van der Waals surface area contributed by atoms with E-state index in [4.69, 9.17) is 0 Å². The summed E-state index contributed by atoms with van der Waals surface area (Å²) in [5.41, 5.74) is 2.56. The monoisotopic (exact) mass is 469 g/mol. The van der Waals surface area contributed by atoms with Gasteiger partial charge in [-0.3, -0.25) is 0 Å². The molecule has 0 saturated carbocycles. The van der Waals surface area contributed by atoms with Gasteiger partial charge in [0.05, 0.1) is 0 Å². The van der Waals surface area contributed by atoms with Crippen molar-refractivity contribution in [3.05, 3.63) is 83.4 Å². The maximum atomic E-state index is 15.3. The summed E-state index contributed by atoms with van der Waals surface area (Å²) in [6.45, 7) is 2.24. The molecule has 3 aromatic rings. The van der Waals surface area contributed by atoms with E-state index in [9.17, 15) is 13.2 Å². The second-order valence-electron chi connectivity index (χ2n) is 9.02. The zero-order valence-corrected chi connectivity index (χ0v) is 19.9. The molecule has 0 spiro atoms. The molecule has 0 amide bonds. The average Bonchev–Trinajstić information content (AvgIpc) is 2.83. The molecule has 173 valence electrons. The van der Waals surface area contributed by atoms with Gasteiger partial charge in [0, 0.05) is 14.4 Å². The molecule has 1 saturated heterocycles. The van der Waals surface area contributed by atoms with Crippen LogP contribution in [0.25, 0.3) is 22.3 Å². The van der Waals surface area contributed by atoms with E-state index in [1.807, 2.05) is 6.07 Å². The Morgan fingerprint density at radius 1 is 0.758 bits per heavy atom. The van der Waals surface area contributed by atoms with Crippen molar-refractivity contribution in [3.8, 4) is 22.3 Å². The first kappa shape index (κ1) is 23.7. The van der Waals surface area contributed by atoms with Gasteiger partial charge in [0.2, 0.25) is 0 Å². The molecule has 1 aliphatic rings.